The number of nitrogens with zero attached hydrogens (tertiary/aromatic N) is 2. The predicted molar refractivity (Wildman–Crippen MR) is 109 cm³/mol. The van der Waals surface area contributed by atoms with Gasteiger partial charge in [-0.2, -0.15) is 0 Å². The number of likely N-dealkylation sites (tertiary alicyclic amines) is 1. The zero-order valence-electron chi connectivity index (χ0n) is 15.3. The topological polar surface area (TPSA) is 49.6 Å². The Morgan fingerprint density at radius 1 is 1.15 bits per heavy atom. The molecule has 0 aromatic heterocycles. The van der Waals surface area contributed by atoms with Crippen LogP contribution in [0.2, 0.25) is 0 Å². The second-order valence-electron chi connectivity index (χ2n) is 6.87. The molecule has 140 valence electrons. The molecule has 4 nitrogen and oxygen atoms in total. The molecule has 1 aliphatic heterocycles. The largest absolute Gasteiger partial charge is 0.399 e. The summed E-state index contributed by atoms with van der Waals surface area (Å²) in [5.74, 6) is 0.204. The highest BCUT2D eigenvalue weighted by molar-refractivity contribution is 5.85. The number of likely N-dealkylation sites (N-methyl/N-ethyl adjacent to an activating group) is 1. The van der Waals surface area contributed by atoms with Gasteiger partial charge in [0.05, 0.1) is 0 Å². The molecule has 2 N–H and O–H groups in total. The Kier molecular flexibility index (Phi) is 7.49. The summed E-state index contributed by atoms with van der Waals surface area (Å²) >= 11 is 0. The van der Waals surface area contributed by atoms with Crippen LogP contribution < -0.4 is 5.73 Å². The number of nitrogens with two attached hydrogens (primary N) is 1. The third-order valence-corrected chi connectivity index (χ3v) is 5.10. The molecule has 3 rings (SSSR count). The molecule has 26 heavy (non-hydrogen) atoms. The van der Waals surface area contributed by atoms with Crippen molar-refractivity contribution in [2.75, 3.05) is 25.9 Å². The second-order valence-corrected chi connectivity index (χ2v) is 6.87. The summed E-state index contributed by atoms with van der Waals surface area (Å²) in [6.45, 7) is 2.95. The highest BCUT2D eigenvalue weighted by Crippen LogP contribution is 2.19. The third-order valence-electron chi connectivity index (χ3n) is 5.10. The minimum atomic E-state index is 0. The van der Waals surface area contributed by atoms with E-state index in [1.54, 1.807) is 0 Å². The van der Waals surface area contributed by atoms with Crippen LogP contribution in [0.3, 0.4) is 0 Å². The first-order valence-corrected chi connectivity index (χ1v) is 8.99. The van der Waals surface area contributed by atoms with Crippen LogP contribution in [0.25, 0.3) is 0 Å². The molecule has 0 spiro atoms. The molecule has 0 radical (unpaired) electrons. The van der Waals surface area contributed by atoms with Crippen molar-refractivity contribution in [1.82, 2.24) is 9.80 Å². The number of hydrogen-bond acceptors (Lipinski definition) is 3. The summed E-state index contributed by atoms with van der Waals surface area (Å²) in [6, 6.07) is 18.6. The van der Waals surface area contributed by atoms with Crippen molar-refractivity contribution in [2.24, 2.45) is 0 Å². The molecule has 1 unspecified atom stereocenters. The predicted octanol–water partition coefficient (Wildman–Crippen LogP) is 3.36. The summed E-state index contributed by atoms with van der Waals surface area (Å²) in [4.78, 5) is 16.9. The Balaban J connectivity index is 0.00000243. The summed E-state index contributed by atoms with van der Waals surface area (Å²) in [5.41, 5.74) is 9.12. The molecule has 1 saturated heterocycles. The van der Waals surface area contributed by atoms with Crippen LogP contribution in [0.1, 0.15) is 24.0 Å². The van der Waals surface area contributed by atoms with E-state index in [0.717, 1.165) is 37.3 Å². The number of hydrogen-bond donors (Lipinski definition) is 1. The SMILES string of the molecule is CN(C(=O)CCc1ccccc1N)C1CCN(Cc2ccccc2)C1.Cl. The summed E-state index contributed by atoms with van der Waals surface area (Å²) in [5, 5.41) is 0. The standard InChI is InChI=1S/C21H27N3O.ClH/c1-23(21(25)12-11-18-9-5-6-10-20(18)22)19-13-14-24(16-19)15-17-7-3-2-4-8-17;/h2-10,19H,11-16,22H2,1H3;1H. The van der Waals surface area contributed by atoms with E-state index >= 15 is 0 Å². The number of carbonyl (C=O) groups excluding carboxylic acids is 1. The lowest BCUT2D eigenvalue weighted by atomic mass is 10.1. The molecule has 5 heteroatoms. The van der Waals surface area contributed by atoms with E-state index in [2.05, 4.69) is 29.2 Å². The first kappa shape index (κ1) is 20.3. The average Bonchev–Trinajstić information content (AvgIpc) is 3.09. The van der Waals surface area contributed by atoms with Gasteiger partial charge in [-0.05, 0) is 30.0 Å². The Morgan fingerprint density at radius 3 is 2.58 bits per heavy atom. The lowest BCUT2D eigenvalue weighted by Crippen LogP contribution is -2.39. The smallest absolute Gasteiger partial charge is 0.222 e. The van der Waals surface area contributed by atoms with Gasteiger partial charge in [0.1, 0.15) is 0 Å². The lowest BCUT2D eigenvalue weighted by molar-refractivity contribution is -0.131. The normalized spacial score (nSPS) is 16.9. The zero-order valence-corrected chi connectivity index (χ0v) is 16.1. The van der Waals surface area contributed by atoms with E-state index in [9.17, 15) is 4.79 Å². The fourth-order valence-electron chi connectivity index (χ4n) is 3.50. The van der Waals surface area contributed by atoms with Crippen molar-refractivity contribution in [2.45, 2.75) is 31.8 Å². The van der Waals surface area contributed by atoms with Crippen LogP contribution in [-0.2, 0) is 17.8 Å². The monoisotopic (exact) mass is 373 g/mol. The van der Waals surface area contributed by atoms with E-state index < -0.39 is 0 Å². The van der Waals surface area contributed by atoms with Crippen LogP contribution >= 0.6 is 12.4 Å². The molecule has 1 heterocycles. The minimum absolute atomic E-state index is 0. The number of nitrogen functional groups attached to an aromatic ring is 1. The van der Waals surface area contributed by atoms with Crippen LogP contribution in [-0.4, -0.2) is 41.9 Å². The van der Waals surface area contributed by atoms with Crippen LogP contribution in [0.15, 0.2) is 54.6 Å². The molecule has 1 fully saturated rings. The maximum atomic E-state index is 12.5. The Bertz CT molecular complexity index is 707. The van der Waals surface area contributed by atoms with Gasteiger partial charge < -0.3 is 10.6 Å². The Hall–Kier alpha value is -2.04. The van der Waals surface area contributed by atoms with Crippen molar-refractivity contribution >= 4 is 24.0 Å². The summed E-state index contributed by atoms with van der Waals surface area (Å²) in [7, 11) is 1.94. The fraction of sp³-hybridized carbons (Fsp3) is 0.381. The van der Waals surface area contributed by atoms with Crippen LogP contribution in [0, 0.1) is 0 Å². The van der Waals surface area contributed by atoms with E-state index in [0.29, 0.717) is 18.9 Å². The van der Waals surface area contributed by atoms with Gasteiger partial charge in [0.15, 0.2) is 0 Å². The molecule has 1 aliphatic rings. The van der Waals surface area contributed by atoms with Crippen molar-refractivity contribution in [3.8, 4) is 0 Å². The number of rotatable bonds is 6. The molecule has 1 amide bonds. The minimum Gasteiger partial charge on any atom is -0.399 e. The molecular weight excluding hydrogens is 346 g/mol. The Labute approximate surface area is 162 Å². The second kappa shape index (κ2) is 9.60. The highest BCUT2D eigenvalue weighted by Gasteiger charge is 2.28. The van der Waals surface area contributed by atoms with Crippen molar-refractivity contribution < 1.29 is 4.79 Å². The van der Waals surface area contributed by atoms with Gasteiger partial charge in [0.25, 0.3) is 0 Å². The summed E-state index contributed by atoms with van der Waals surface area (Å²) in [6.07, 6.45) is 2.26. The van der Waals surface area contributed by atoms with E-state index in [4.69, 9.17) is 5.73 Å². The number of benzene rings is 2. The lowest BCUT2D eigenvalue weighted by Gasteiger charge is -2.25. The van der Waals surface area contributed by atoms with E-state index in [1.165, 1.54) is 5.56 Å². The van der Waals surface area contributed by atoms with Crippen molar-refractivity contribution in [3.63, 3.8) is 0 Å². The van der Waals surface area contributed by atoms with Gasteiger partial charge in [-0.25, -0.2) is 0 Å². The molecule has 1 atom stereocenters. The van der Waals surface area contributed by atoms with Crippen molar-refractivity contribution in [1.29, 1.82) is 0 Å². The maximum absolute atomic E-state index is 12.5. The first-order chi connectivity index (χ1) is 12.1. The quantitative estimate of drug-likeness (QED) is 0.790. The number of amides is 1. The van der Waals surface area contributed by atoms with Gasteiger partial charge in [-0.15, -0.1) is 12.4 Å². The fourth-order valence-corrected chi connectivity index (χ4v) is 3.50. The zero-order chi connectivity index (χ0) is 17.6. The third kappa shape index (κ3) is 5.23. The maximum Gasteiger partial charge on any atom is 0.222 e. The molecule has 0 aliphatic carbocycles. The molecular formula is C21H28ClN3O. The summed E-state index contributed by atoms with van der Waals surface area (Å²) < 4.78 is 0. The average molecular weight is 374 g/mol. The van der Waals surface area contributed by atoms with Gasteiger partial charge >= 0.3 is 0 Å². The number of carbonyl (C=O) groups is 1. The molecule has 0 bridgehead atoms. The highest BCUT2D eigenvalue weighted by atomic mass is 35.5. The number of anilines is 1. The van der Waals surface area contributed by atoms with Crippen molar-refractivity contribution in [3.05, 3.63) is 65.7 Å². The van der Waals surface area contributed by atoms with E-state index in [-0.39, 0.29) is 18.3 Å². The first-order valence-electron chi connectivity index (χ1n) is 8.99. The van der Waals surface area contributed by atoms with Gasteiger partial charge in [0.2, 0.25) is 5.91 Å². The number of aryl methyl sites for hydroxylation is 1. The number of para-hydroxylation sites is 1. The van der Waals surface area contributed by atoms with Gasteiger partial charge in [0, 0.05) is 44.8 Å². The van der Waals surface area contributed by atoms with Crippen LogP contribution in [0.5, 0.6) is 0 Å². The molecule has 2 aromatic carbocycles. The van der Waals surface area contributed by atoms with Gasteiger partial charge in [-0.1, -0.05) is 48.5 Å². The van der Waals surface area contributed by atoms with Crippen LogP contribution in [0.4, 0.5) is 5.69 Å². The van der Waals surface area contributed by atoms with E-state index in [1.807, 2.05) is 42.3 Å². The number of halogens is 1. The van der Waals surface area contributed by atoms with Gasteiger partial charge in [-0.3, -0.25) is 9.69 Å². The molecule has 2 aromatic rings. The Morgan fingerprint density at radius 2 is 1.85 bits per heavy atom. The molecule has 0 saturated carbocycles.